The smallest absolute Gasteiger partial charge is 0.192 e. The van der Waals surface area contributed by atoms with Gasteiger partial charge in [0, 0.05) is 23.6 Å². The van der Waals surface area contributed by atoms with Gasteiger partial charge in [-0.15, -0.1) is 34.0 Å². The lowest BCUT2D eigenvalue weighted by Crippen LogP contribution is -1.87. The predicted molar refractivity (Wildman–Crippen MR) is 500 cm³/mol. The second-order valence-corrected chi connectivity index (χ2v) is 24.4. The van der Waals surface area contributed by atoms with Gasteiger partial charge < -0.3 is 4.42 Å². The van der Waals surface area contributed by atoms with Gasteiger partial charge in [-0.25, -0.2) is 19.9 Å². The average Bonchev–Trinajstić information content (AvgIpc) is 1.62. The highest BCUT2D eigenvalue weighted by molar-refractivity contribution is 7.19. The molecule has 4 aromatic heterocycles. The number of oxazole rings is 1. The van der Waals surface area contributed by atoms with Crippen LogP contribution in [0.4, 0.5) is 0 Å². The van der Waals surface area contributed by atoms with Crippen molar-refractivity contribution < 1.29 is 4.42 Å². The van der Waals surface area contributed by atoms with Gasteiger partial charge in [-0.2, -0.15) is 0 Å². The van der Waals surface area contributed by atoms with E-state index in [9.17, 15) is 0 Å². The van der Waals surface area contributed by atoms with Gasteiger partial charge >= 0.3 is 0 Å². The maximum atomic E-state index is 5.26. The topological polar surface area (TPSA) is 64.7 Å². The van der Waals surface area contributed by atoms with Crippen LogP contribution in [0.1, 0.15) is 222 Å². The minimum atomic E-state index is 0.558. The van der Waals surface area contributed by atoms with E-state index in [0.717, 1.165) is 48.6 Å². The van der Waals surface area contributed by atoms with Crippen LogP contribution in [0, 0.1) is 41.5 Å². The summed E-state index contributed by atoms with van der Waals surface area (Å²) >= 11 is 5.27. The lowest BCUT2D eigenvalue weighted by Gasteiger charge is -2.04. The fourth-order valence-electron chi connectivity index (χ4n) is 10.6. The average molecular weight is 1510 g/mol. The zero-order chi connectivity index (χ0) is 81.9. The van der Waals surface area contributed by atoms with Crippen molar-refractivity contribution >= 4 is 119 Å². The number of hydrogen-bond donors (Lipinski definition) is 0. The highest BCUT2D eigenvalue weighted by Gasteiger charge is 2.23. The van der Waals surface area contributed by atoms with Gasteiger partial charge in [-0.3, -0.25) is 0 Å². The molecule has 8 heteroatoms. The Balaban J connectivity index is 0. The fourth-order valence-corrected chi connectivity index (χ4v) is 13.2. The second kappa shape index (κ2) is 61.8. The van der Waals surface area contributed by atoms with E-state index in [-0.39, 0.29) is 0 Å². The first-order valence-corrected chi connectivity index (χ1v) is 42.7. The molecular formula is C100H136N4OS3. The van der Waals surface area contributed by atoms with Crippen LogP contribution in [0.3, 0.4) is 0 Å². The molecule has 0 fully saturated rings. The molecule has 0 saturated heterocycles. The van der Waals surface area contributed by atoms with Crippen molar-refractivity contribution in [2.75, 3.05) is 0 Å². The summed E-state index contributed by atoms with van der Waals surface area (Å²) in [5, 5.41) is 13.9. The van der Waals surface area contributed by atoms with Crippen molar-refractivity contribution in [3.05, 3.63) is 298 Å². The Labute approximate surface area is 668 Å². The molecule has 108 heavy (non-hydrogen) atoms. The monoisotopic (exact) mass is 1500 g/mol. The molecule has 0 bridgehead atoms. The van der Waals surface area contributed by atoms with Crippen molar-refractivity contribution in [1.29, 1.82) is 0 Å². The Morgan fingerprint density at radius 1 is 0.278 bits per heavy atom. The molecule has 0 N–H and O–H groups in total. The first-order valence-electron chi connectivity index (χ1n) is 40.2. The third-order valence-corrected chi connectivity index (χ3v) is 17.5. The maximum Gasteiger partial charge on any atom is 0.192 e. The largest absolute Gasteiger partial charge is 0.441 e. The van der Waals surface area contributed by atoms with Crippen molar-refractivity contribution in [2.45, 2.75) is 221 Å². The van der Waals surface area contributed by atoms with Gasteiger partial charge in [-0.1, -0.05) is 397 Å². The van der Waals surface area contributed by atoms with Crippen molar-refractivity contribution in [3.8, 4) is 11.1 Å². The van der Waals surface area contributed by atoms with Crippen LogP contribution in [0.15, 0.2) is 259 Å². The minimum absolute atomic E-state index is 0.558. The molecule has 1 aliphatic rings. The van der Waals surface area contributed by atoms with Gasteiger partial charge in [0.1, 0.15) is 5.52 Å². The summed E-state index contributed by atoms with van der Waals surface area (Å²) in [6.45, 7) is 62.5. The fraction of sp³-hybridized carbons (Fsp3) is 0.320. The molecule has 0 saturated carbocycles. The number of rotatable bonds is 0. The lowest BCUT2D eigenvalue weighted by molar-refractivity contribution is 0.561. The van der Waals surface area contributed by atoms with Crippen molar-refractivity contribution in [2.24, 2.45) is 0 Å². The van der Waals surface area contributed by atoms with E-state index >= 15 is 0 Å². The first-order chi connectivity index (χ1) is 53.0. The van der Waals surface area contributed by atoms with Crippen molar-refractivity contribution in [1.82, 2.24) is 19.9 Å². The number of aryl methyl sites for hydroxylation is 6. The Kier molecular flexibility index (Phi) is 57.7. The third kappa shape index (κ3) is 31.6. The van der Waals surface area contributed by atoms with E-state index in [0.29, 0.717) is 5.92 Å². The van der Waals surface area contributed by atoms with E-state index in [1.807, 2.05) is 222 Å². The van der Waals surface area contributed by atoms with Crippen molar-refractivity contribution in [3.63, 3.8) is 0 Å². The third-order valence-electron chi connectivity index (χ3n) is 14.6. The SMILES string of the molecule is CC.CC.CC.CC.CC.CC.CC.CC.CC.CC.CC.CC.CC1c2ccccc2-c2ccccc21.Cc1ccc2ccccc2c1.Cc1cccc2ccccc12.Cc1nc2c(ccc3ccccc32)s1.Cc1nc2ccc3ccccc3c2s1.Cc1nc2ccccc2o1.Cc1nc2ccccc2s1. The Hall–Kier alpha value is -9.18. The molecule has 0 atom stereocenters. The maximum absolute atomic E-state index is 5.26. The van der Waals surface area contributed by atoms with Crippen LogP contribution in [0.5, 0.6) is 0 Å². The highest BCUT2D eigenvalue weighted by Crippen LogP contribution is 2.44. The van der Waals surface area contributed by atoms with Crippen LogP contribution < -0.4 is 0 Å². The summed E-state index contributed by atoms with van der Waals surface area (Å²) < 4.78 is 9.12. The minimum Gasteiger partial charge on any atom is -0.441 e. The molecule has 0 amide bonds. The molecule has 0 aliphatic heterocycles. The Morgan fingerprint density at radius 3 is 1.21 bits per heavy atom. The number of para-hydroxylation sites is 3. The molecule has 16 aromatic rings. The summed E-state index contributed by atoms with van der Waals surface area (Å²) in [4.78, 5) is 17.5. The molecule has 0 spiro atoms. The molecule has 4 heterocycles. The van der Waals surface area contributed by atoms with E-state index in [1.165, 1.54) is 90.6 Å². The predicted octanol–water partition coefficient (Wildman–Crippen LogP) is 34.7. The van der Waals surface area contributed by atoms with Gasteiger partial charge in [0.2, 0.25) is 0 Å². The molecule has 12 aromatic carbocycles. The summed E-state index contributed by atoms with van der Waals surface area (Å²) in [6, 6.07) is 88.5. The molecule has 0 unspecified atom stereocenters. The summed E-state index contributed by atoms with van der Waals surface area (Å²) in [7, 11) is 0. The normalized spacial score (nSPS) is 9.40. The number of hydrogen-bond acceptors (Lipinski definition) is 8. The van der Waals surface area contributed by atoms with Crippen LogP contribution in [0.25, 0.3) is 96.0 Å². The number of thiazole rings is 3. The second-order valence-electron chi connectivity index (χ2n) is 20.7. The quantitative estimate of drug-likeness (QED) is 0.151. The lowest BCUT2D eigenvalue weighted by atomic mass is 10.00. The Morgan fingerprint density at radius 2 is 0.667 bits per heavy atom. The van der Waals surface area contributed by atoms with Gasteiger partial charge in [0.05, 0.1) is 45.7 Å². The number of nitrogens with zero attached hydrogens (tertiary/aromatic N) is 4. The van der Waals surface area contributed by atoms with Crippen LogP contribution in [0.2, 0.25) is 0 Å². The summed E-state index contributed by atoms with van der Waals surface area (Å²) in [5.74, 6) is 1.28. The van der Waals surface area contributed by atoms with Crippen LogP contribution in [-0.2, 0) is 0 Å². The summed E-state index contributed by atoms with van der Waals surface area (Å²) in [6.07, 6.45) is 0. The van der Waals surface area contributed by atoms with E-state index < -0.39 is 0 Å². The summed E-state index contributed by atoms with van der Waals surface area (Å²) in [5.41, 5.74) is 13.6. The molecule has 17 rings (SSSR count). The molecule has 5 nitrogen and oxygen atoms in total. The van der Waals surface area contributed by atoms with E-state index in [1.54, 1.807) is 34.0 Å². The number of aromatic nitrogens is 4. The van der Waals surface area contributed by atoms with E-state index in [4.69, 9.17) is 4.42 Å². The molecular weight excluding hydrogens is 1370 g/mol. The standard InChI is InChI=1S/C14H12.2C12H9NS.2C11H10.C8H7NO.C8H7NS.12C2H6/c1-10-11-6-2-4-8-13(11)14-9-5-3-7-12(10)14;1-8-13-12-10-5-3-2-4-9(10)6-7-11(12)14-8;1-8-13-11-7-6-9-4-2-3-5-10(9)12(11)14-8;1-9-5-4-7-10-6-2-3-8-11(9)10;1-9-6-7-10-4-2-3-5-11(10)8-9;2*1-6-9-7-4-2-3-5-8(7)10-6;12*1-2/h2-10H,1H3;2*2-7H,1H3;2*2-8H,1H3;2*2-5H,1H3;12*1-2H3. The molecule has 0 radical (unpaired) electrons. The Bertz CT molecular complexity index is 4570. The van der Waals surface area contributed by atoms with Gasteiger partial charge in [-0.05, 0) is 131 Å². The first kappa shape index (κ1) is 101. The zero-order valence-electron chi connectivity index (χ0n) is 72.2. The van der Waals surface area contributed by atoms with E-state index in [2.05, 4.69) is 267 Å². The van der Waals surface area contributed by atoms with Gasteiger partial charge in [0.15, 0.2) is 11.5 Å². The zero-order valence-corrected chi connectivity index (χ0v) is 74.7. The van der Waals surface area contributed by atoms with Crippen LogP contribution >= 0.6 is 34.0 Å². The van der Waals surface area contributed by atoms with Gasteiger partial charge in [0.25, 0.3) is 0 Å². The highest BCUT2D eigenvalue weighted by atomic mass is 32.1. The van der Waals surface area contributed by atoms with Crippen LogP contribution in [-0.4, -0.2) is 19.9 Å². The number of benzene rings is 12. The molecule has 1 aliphatic carbocycles. The number of fused-ring (bicyclic) bond motifs is 13. The molecule has 580 valence electrons.